The van der Waals surface area contributed by atoms with Crippen LogP contribution in [0.25, 0.3) is 0 Å². The van der Waals surface area contributed by atoms with E-state index in [1.54, 1.807) is 0 Å². The molecule has 0 spiro atoms. The number of nitrogens with one attached hydrogen (secondary N) is 1. The largest absolute Gasteiger partial charge is 0.399 e. The molecule has 1 aromatic rings. The van der Waals surface area contributed by atoms with Crippen molar-refractivity contribution >= 4 is 17.3 Å². The van der Waals surface area contributed by atoms with E-state index in [0.29, 0.717) is 0 Å². The SMILES string of the molecule is Cc1cc(NC(=O)C2CCCCC2(C)C)ccc1N. The van der Waals surface area contributed by atoms with Crippen LogP contribution in [-0.2, 0) is 4.79 Å². The maximum absolute atomic E-state index is 12.4. The van der Waals surface area contributed by atoms with E-state index < -0.39 is 0 Å². The number of hydrogen-bond donors (Lipinski definition) is 2. The average molecular weight is 260 g/mol. The van der Waals surface area contributed by atoms with E-state index in [1.165, 1.54) is 6.42 Å². The third-order valence-corrected chi connectivity index (χ3v) is 4.36. The van der Waals surface area contributed by atoms with Crippen molar-refractivity contribution in [1.29, 1.82) is 0 Å². The van der Waals surface area contributed by atoms with Crippen LogP contribution in [0.3, 0.4) is 0 Å². The molecular weight excluding hydrogens is 236 g/mol. The third kappa shape index (κ3) is 3.09. The molecule has 104 valence electrons. The van der Waals surface area contributed by atoms with Gasteiger partial charge in [-0.2, -0.15) is 0 Å². The first-order valence-corrected chi connectivity index (χ1v) is 7.07. The molecule has 3 nitrogen and oxygen atoms in total. The smallest absolute Gasteiger partial charge is 0.228 e. The van der Waals surface area contributed by atoms with E-state index >= 15 is 0 Å². The molecule has 2 rings (SSSR count). The average Bonchev–Trinajstić information content (AvgIpc) is 2.33. The van der Waals surface area contributed by atoms with Crippen LogP contribution in [0.15, 0.2) is 18.2 Å². The number of amides is 1. The lowest BCUT2D eigenvalue weighted by Gasteiger charge is -2.37. The van der Waals surface area contributed by atoms with Gasteiger partial charge in [0.15, 0.2) is 0 Å². The molecule has 1 aromatic carbocycles. The first-order chi connectivity index (χ1) is 8.90. The fourth-order valence-corrected chi connectivity index (χ4v) is 2.96. The molecule has 0 heterocycles. The normalized spacial score (nSPS) is 21.9. The molecule has 1 aliphatic carbocycles. The number of hydrogen-bond acceptors (Lipinski definition) is 2. The van der Waals surface area contributed by atoms with Crippen molar-refractivity contribution in [3.63, 3.8) is 0 Å². The summed E-state index contributed by atoms with van der Waals surface area (Å²) in [5.74, 6) is 0.257. The molecule has 0 radical (unpaired) electrons. The van der Waals surface area contributed by atoms with Crippen LogP contribution in [-0.4, -0.2) is 5.91 Å². The van der Waals surface area contributed by atoms with Gasteiger partial charge in [-0.3, -0.25) is 4.79 Å². The molecule has 3 N–H and O–H groups in total. The number of benzene rings is 1. The van der Waals surface area contributed by atoms with Crippen LogP contribution in [0.4, 0.5) is 11.4 Å². The highest BCUT2D eigenvalue weighted by atomic mass is 16.1. The molecule has 1 unspecified atom stereocenters. The fraction of sp³-hybridized carbons (Fsp3) is 0.562. The minimum atomic E-state index is 0.102. The zero-order valence-corrected chi connectivity index (χ0v) is 12.1. The number of rotatable bonds is 2. The van der Waals surface area contributed by atoms with Crippen molar-refractivity contribution in [2.45, 2.75) is 46.5 Å². The Labute approximate surface area is 115 Å². The maximum Gasteiger partial charge on any atom is 0.228 e. The number of anilines is 2. The van der Waals surface area contributed by atoms with Gasteiger partial charge in [0.25, 0.3) is 0 Å². The summed E-state index contributed by atoms with van der Waals surface area (Å²) in [6.07, 6.45) is 4.51. The van der Waals surface area contributed by atoms with E-state index in [-0.39, 0.29) is 17.2 Å². The second kappa shape index (κ2) is 5.24. The number of carbonyl (C=O) groups is 1. The van der Waals surface area contributed by atoms with Crippen molar-refractivity contribution in [2.24, 2.45) is 11.3 Å². The molecule has 0 aliphatic heterocycles. The van der Waals surface area contributed by atoms with Gasteiger partial charge in [-0.05, 0) is 48.9 Å². The minimum Gasteiger partial charge on any atom is -0.399 e. The summed E-state index contributed by atoms with van der Waals surface area (Å²) < 4.78 is 0. The summed E-state index contributed by atoms with van der Waals surface area (Å²) >= 11 is 0. The number of nitrogen functional groups attached to an aromatic ring is 1. The molecule has 3 heteroatoms. The summed E-state index contributed by atoms with van der Waals surface area (Å²) in [7, 11) is 0. The Bertz CT molecular complexity index is 480. The van der Waals surface area contributed by atoms with Crippen LogP contribution in [0, 0.1) is 18.3 Å². The van der Waals surface area contributed by atoms with Crippen molar-refractivity contribution < 1.29 is 4.79 Å². The Morgan fingerprint density at radius 1 is 1.37 bits per heavy atom. The molecule has 1 saturated carbocycles. The molecule has 0 bridgehead atoms. The van der Waals surface area contributed by atoms with E-state index in [1.807, 2.05) is 25.1 Å². The van der Waals surface area contributed by atoms with Gasteiger partial charge in [0.05, 0.1) is 0 Å². The summed E-state index contributed by atoms with van der Waals surface area (Å²) in [5.41, 5.74) is 8.50. The Balaban J connectivity index is 2.09. The summed E-state index contributed by atoms with van der Waals surface area (Å²) in [6, 6.07) is 5.65. The molecule has 0 aromatic heterocycles. The Morgan fingerprint density at radius 3 is 2.74 bits per heavy atom. The van der Waals surface area contributed by atoms with E-state index in [0.717, 1.165) is 36.2 Å². The van der Waals surface area contributed by atoms with Gasteiger partial charge < -0.3 is 11.1 Å². The van der Waals surface area contributed by atoms with E-state index in [9.17, 15) is 4.79 Å². The molecule has 19 heavy (non-hydrogen) atoms. The van der Waals surface area contributed by atoms with Crippen molar-refractivity contribution in [2.75, 3.05) is 11.1 Å². The van der Waals surface area contributed by atoms with E-state index in [4.69, 9.17) is 5.73 Å². The van der Waals surface area contributed by atoms with Crippen molar-refractivity contribution in [3.05, 3.63) is 23.8 Å². The topological polar surface area (TPSA) is 55.1 Å². The Morgan fingerprint density at radius 2 is 2.11 bits per heavy atom. The van der Waals surface area contributed by atoms with Crippen molar-refractivity contribution in [3.8, 4) is 0 Å². The zero-order chi connectivity index (χ0) is 14.0. The minimum absolute atomic E-state index is 0.102. The fourth-order valence-electron chi connectivity index (χ4n) is 2.96. The first-order valence-electron chi connectivity index (χ1n) is 7.07. The molecular formula is C16H24N2O. The molecule has 0 saturated heterocycles. The molecule has 1 aliphatic rings. The second-order valence-corrected chi connectivity index (χ2v) is 6.35. The van der Waals surface area contributed by atoms with Crippen molar-refractivity contribution in [1.82, 2.24) is 0 Å². The predicted molar refractivity (Wildman–Crippen MR) is 80.0 cm³/mol. The van der Waals surface area contributed by atoms with Gasteiger partial charge in [-0.1, -0.05) is 26.7 Å². The number of nitrogens with two attached hydrogens (primary N) is 1. The summed E-state index contributed by atoms with van der Waals surface area (Å²) in [6.45, 7) is 6.35. The van der Waals surface area contributed by atoms with Crippen LogP contribution < -0.4 is 11.1 Å². The lowest BCUT2D eigenvalue weighted by molar-refractivity contribution is -0.124. The Hall–Kier alpha value is -1.51. The van der Waals surface area contributed by atoms with E-state index in [2.05, 4.69) is 19.2 Å². The maximum atomic E-state index is 12.4. The summed E-state index contributed by atoms with van der Waals surface area (Å²) in [5, 5.41) is 3.04. The van der Waals surface area contributed by atoms with Gasteiger partial charge >= 0.3 is 0 Å². The lowest BCUT2D eigenvalue weighted by Crippen LogP contribution is -2.37. The van der Waals surface area contributed by atoms with Crippen LogP contribution in [0.1, 0.15) is 45.1 Å². The van der Waals surface area contributed by atoms with Gasteiger partial charge in [0.2, 0.25) is 5.91 Å². The highest BCUT2D eigenvalue weighted by molar-refractivity contribution is 5.93. The van der Waals surface area contributed by atoms with Gasteiger partial charge in [-0.15, -0.1) is 0 Å². The quantitative estimate of drug-likeness (QED) is 0.796. The lowest BCUT2D eigenvalue weighted by atomic mass is 9.68. The summed E-state index contributed by atoms with van der Waals surface area (Å²) in [4.78, 5) is 12.4. The highest BCUT2D eigenvalue weighted by Gasteiger charge is 2.37. The highest BCUT2D eigenvalue weighted by Crippen LogP contribution is 2.41. The standard InChI is InChI=1S/C16H24N2O/c1-11-10-12(7-8-14(11)17)18-15(19)13-6-4-5-9-16(13,2)3/h7-8,10,13H,4-6,9,17H2,1-3H3,(H,18,19). The second-order valence-electron chi connectivity index (χ2n) is 6.35. The number of carbonyl (C=O) groups excluding carboxylic acids is 1. The Kier molecular flexibility index (Phi) is 3.83. The van der Waals surface area contributed by atoms with Gasteiger partial charge in [0, 0.05) is 17.3 Å². The van der Waals surface area contributed by atoms with Crippen LogP contribution >= 0.6 is 0 Å². The van der Waals surface area contributed by atoms with Gasteiger partial charge in [-0.25, -0.2) is 0 Å². The molecule has 1 fully saturated rings. The first kappa shape index (κ1) is 13.9. The molecule has 1 atom stereocenters. The molecule has 1 amide bonds. The predicted octanol–water partition coefficient (Wildman–Crippen LogP) is 3.73. The van der Waals surface area contributed by atoms with Crippen LogP contribution in [0.5, 0.6) is 0 Å². The van der Waals surface area contributed by atoms with Gasteiger partial charge in [0.1, 0.15) is 0 Å². The van der Waals surface area contributed by atoms with Crippen LogP contribution in [0.2, 0.25) is 0 Å². The zero-order valence-electron chi connectivity index (χ0n) is 12.1. The third-order valence-electron chi connectivity index (χ3n) is 4.36. The number of aryl methyl sites for hydroxylation is 1. The monoisotopic (exact) mass is 260 g/mol.